The van der Waals surface area contributed by atoms with Crippen molar-refractivity contribution in [2.75, 3.05) is 46.3 Å². The van der Waals surface area contributed by atoms with E-state index in [0.29, 0.717) is 0 Å². The zero-order valence-electron chi connectivity index (χ0n) is 16.3. The van der Waals surface area contributed by atoms with Crippen molar-refractivity contribution in [2.24, 2.45) is 4.99 Å². The molecular formula is C22H34N4. The third kappa shape index (κ3) is 5.87. The molecule has 4 nitrogen and oxygen atoms in total. The average molecular weight is 355 g/mol. The first kappa shape index (κ1) is 19.0. The molecule has 26 heavy (non-hydrogen) atoms. The van der Waals surface area contributed by atoms with Gasteiger partial charge in [-0.1, -0.05) is 42.0 Å². The third-order valence-corrected chi connectivity index (χ3v) is 5.47. The Hall–Kier alpha value is -1.81. The predicted molar refractivity (Wildman–Crippen MR) is 111 cm³/mol. The van der Waals surface area contributed by atoms with Crippen molar-refractivity contribution < 1.29 is 0 Å². The number of benzene rings is 1. The van der Waals surface area contributed by atoms with E-state index in [1.165, 1.54) is 50.9 Å². The molecule has 3 rings (SSSR count). The van der Waals surface area contributed by atoms with E-state index >= 15 is 0 Å². The minimum Gasteiger partial charge on any atom is -0.356 e. The van der Waals surface area contributed by atoms with Crippen molar-refractivity contribution in [3.63, 3.8) is 0 Å². The van der Waals surface area contributed by atoms with Gasteiger partial charge in [0.2, 0.25) is 0 Å². The van der Waals surface area contributed by atoms with Crippen molar-refractivity contribution >= 4 is 12.0 Å². The van der Waals surface area contributed by atoms with Crippen molar-refractivity contribution in [1.82, 2.24) is 15.1 Å². The van der Waals surface area contributed by atoms with Gasteiger partial charge in [0.05, 0.1) is 0 Å². The Bertz CT molecular complexity index is 577. The maximum Gasteiger partial charge on any atom is 0.193 e. The largest absolute Gasteiger partial charge is 0.356 e. The minimum absolute atomic E-state index is 1.03. The molecule has 2 aliphatic heterocycles. The molecule has 0 unspecified atom stereocenters. The number of unbranched alkanes of at least 4 members (excludes halogenated alkanes) is 1. The Morgan fingerprint density at radius 1 is 1.04 bits per heavy atom. The zero-order chi connectivity index (χ0) is 18.0. The van der Waals surface area contributed by atoms with E-state index in [-0.39, 0.29) is 0 Å². The number of guanidine groups is 1. The molecule has 0 aromatic heterocycles. The first-order chi connectivity index (χ1) is 12.8. The molecule has 0 amide bonds. The van der Waals surface area contributed by atoms with Crippen molar-refractivity contribution in [3.05, 3.63) is 41.5 Å². The topological polar surface area (TPSA) is 30.9 Å². The summed E-state index contributed by atoms with van der Waals surface area (Å²) in [5, 5.41) is 3.57. The highest BCUT2D eigenvalue weighted by molar-refractivity contribution is 5.80. The summed E-state index contributed by atoms with van der Waals surface area (Å²) in [6.45, 7) is 7.03. The first-order valence-corrected chi connectivity index (χ1v) is 10.3. The molecule has 2 aliphatic rings. The lowest BCUT2D eigenvalue weighted by atomic mass is 10.0. The van der Waals surface area contributed by atoms with Crippen LogP contribution in [0.5, 0.6) is 0 Å². The van der Waals surface area contributed by atoms with E-state index in [2.05, 4.69) is 56.5 Å². The van der Waals surface area contributed by atoms with E-state index in [0.717, 1.165) is 38.4 Å². The van der Waals surface area contributed by atoms with Crippen molar-refractivity contribution in [2.45, 2.75) is 38.5 Å². The van der Waals surface area contributed by atoms with Gasteiger partial charge in [-0.25, -0.2) is 0 Å². The summed E-state index contributed by atoms with van der Waals surface area (Å²) in [6.07, 6.45) is 9.90. The monoisotopic (exact) mass is 354 g/mol. The standard InChI is InChI=1S/C22H34N4/c1-23-22(24-13-5-6-14-25-15-7-8-16-25)26-17-11-21(12-18-26)19-20-9-3-2-4-10-20/h2-4,9-10,19H,5-8,11-18H2,1H3,(H,23,24). The Morgan fingerprint density at radius 3 is 2.46 bits per heavy atom. The molecule has 1 aromatic carbocycles. The van der Waals surface area contributed by atoms with E-state index in [9.17, 15) is 0 Å². The number of piperidine rings is 1. The van der Waals surface area contributed by atoms with Crippen LogP contribution < -0.4 is 5.32 Å². The molecule has 142 valence electrons. The summed E-state index contributed by atoms with van der Waals surface area (Å²) < 4.78 is 0. The van der Waals surface area contributed by atoms with Gasteiger partial charge in [0, 0.05) is 26.7 Å². The summed E-state index contributed by atoms with van der Waals surface area (Å²) in [4.78, 5) is 9.50. The summed E-state index contributed by atoms with van der Waals surface area (Å²) in [5.74, 6) is 1.07. The van der Waals surface area contributed by atoms with Gasteiger partial charge in [0.1, 0.15) is 0 Å². The summed E-state index contributed by atoms with van der Waals surface area (Å²) in [6, 6.07) is 10.7. The number of rotatable bonds is 6. The van der Waals surface area contributed by atoms with Crippen LogP contribution in [0.2, 0.25) is 0 Å². The van der Waals surface area contributed by atoms with Crippen molar-refractivity contribution in [1.29, 1.82) is 0 Å². The predicted octanol–water partition coefficient (Wildman–Crippen LogP) is 3.62. The average Bonchev–Trinajstić information content (AvgIpc) is 3.20. The van der Waals surface area contributed by atoms with Crippen LogP contribution in [0, 0.1) is 0 Å². The first-order valence-electron chi connectivity index (χ1n) is 10.3. The third-order valence-electron chi connectivity index (χ3n) is 5.47. The molecular weight excluding hydrogens is 320 g/mol. The molecule has 0 spiro atoms. The summed E-state index contributed by atoms with van der Waals surface area (Å²) in [5.41, 5.74) is 2.87. The second kappa shape index (κ2) is 10.4. The highest BCUT2D eigenvalue weighted by Crippen LogP contribution is 2.19. The van der Waals surface area contributed by atoms with Gasteiger partial charge in [-0.05, 0) is 63.7 Å². The van der Waals surface area contributed by atoms with E-state index < -0.39 is 0 Å². The smallest absolute Gasteiger partial charge is 0.193 e. The number of hydrogen-bond acceptors (Lipinski definition) is 2. The normalized spacial score (nSPS) is 19.0. The fraction of sp³-hybridized carbons (Fsp3) is 0.591. The Kier molecular flexibility index (Phi) is 7.56. The molecule has 0 radical (unpaired) electrons. The van der Waals surface area contributed by atoms with Gasteiger partial charge >= 0.3 is 0 Å². The van der Waals surface area contributed by atoms with Crippen LogP contribution in [-0.4, -0.2) is 62.1 Å². The number of aliphatic imine (C=N–C) groups is 1. The fourth-order valence-corrected chi connectivity index (χ4v) is 3.93. The molecule has 2 saturated heterocycles. The molecule has 4 heteroatoms. The molecule has 1 N–H and O–H groups in total. The van der Waals surface area contributed by atoms with Gasteiger partial charge < -0.3 is 15.1 Å². The van der Waals surface area contributed by atoms with Gasteiger partial charge in [-0.3, -0.25) is 4.99 Å². The molecule has 0 atom stereocenters. The van der Waals surface area contributed by atoms with E-state index in [1.54, 1.807) is 5.57 Å². The number of nitrogens with zero attached hydrogens (tertiary/aromatic N) is 3. The quantitative estimate of drug-likeness (QED) is 0.481. The Labute approximate surface area is 159 Å². The SMILES string of the molecule is CN=C(NCCCCN1CCCC1)N1CCC(=Cc2ccccc2)CC1. The maximum atomic E-state index is 4.50. The fourth-order valence-electron chi connectivity index (χ4n) is 3.93. The van der Waals surface area contributed by atoms with Crippen LogP contribution in [0.3, 0.4) is 0 Å². The van der Waals surface area contributed by atoms with Crippen molar-refractivity contribution in [3.8, 4) is 0 Å². The maximum absolute atomic E-state index is 4.50. The second-order valence-corrected chi connectivity index (χ2v) is 7.43. The molecule has 2 fully saturated rings. The Balaban J connectivity index is 1.36. The molecule has 0 saturated carbocycles. The Morgan fingerprint density at radius 2 is 1.77 bits per heavy atom. The van der Waals surface area contributed by atoms with Gasteiger partial charge in [0.25, 0.3) is 0 Å². The second-order valence-electron chi connectivity index (χ2n) is 7.43. The van der Waals surface area contributed by atoms with Gasteiger partial charge in [-0.2, -0.15) is 0 Å². The number of nitrogens with one attached hydrogen (secondary N) is 1. The lowest BCUT2D eigenvalue weighted by Crippen LogP contribution is -2.44. The zero-order valence-corrected chi connectivity index (χ0v) is 16.3. The summed E-state index contributed by atoms with van der Waals surface area (Å²) >= 11 is 0. The van der Waals surface area contributed by atoms with Gasteiger partial charge in [-0.15, -0.1) is 0 Å². The van der Waals surface area contributed by atoms with E-state index in [4.69, 9.17) is 0 Å². The molecule has 1 aromatic rings. The van der Waals surface area contributed by atoms with Crippen LogP contribution >= 0.6 is 0 Å². The van der Waals surface area contributed by atoms with Gasteiger partial charge in [0.15, 0.2) is 5.96 Å². The highest BCUT2D eigenvalue weighted by Gasteiger charge is 2.17. The number of hydrogen-bond donors (Lipinski definition) is 1. The minimum atomic E-state index is 1.03. The van der Waals surface area contributed by atoms with Crippen LogP contribution in [-0.2, 0) is 0 Å². The van der Waals surface area contributed by atoms with Crippen LogP contribution in [0.1, 0.15) is 44.1 Å². The van der Waals surface area contributed by atoms with Crippen LogP contribution in [0.15, 0.2) is 40.9 Å². The molecule has 2 heterocycles. The number of likely N-dealkylation sites (tertiary alicyclic amines) is 2. The van der Waals surface area contributed by atoms with E-state index in [1.807, 2.05) is 7.05 Å². The summed E-state index contributed by atoms with van der Waals surface area (Å²) in [7, 11) is 1.90. The molecule has 0 aliphatic carbocycles. The highest BCUT2D eigenvalue weighted by atomic mass is 15.3. The van der Waals surface area contributed by atoms with Crippen LogP contribution in [0.4, 0.5) is 0 Å². The molecule has 0 bridgehead atoms. The lowest BCUT2D eigenvalue weighted by Gasteiger charge is -2.31. The van der Waals surface area contributed by atoms with Crippen LogP contribution in [0.25, 0.3) is 6.08 Å². The lowest BCUT2D eigenvalue weighted by molar-refractivity contribution is 0.329.